The lowest BCUT2D eigenvalue weighted by Gasteiger charge is -2.19. The average molecular weight is 336 g/mol. The Labute approximate surface area is 128 Å². The van der Waals surface area contributed by atoms with Gasteiger partial charge < -0.3 is 5.32 Å². The maximum atomic E-state index is 13.3. The molecule has 1 nitrogen and oxygen atoms in total. The first-order chi connectivity index (χ1) is 9.34. The Morgan fingerprint density at radius 2 is 1.70 bits per heavy atom. The number of anilines is 1. The van der Waals surface area contributed by atoms with Crippen LogP contribution in [0.5, 0.6) is 0 Å². The van der Waals surface area contributed by atoms with Gasteiger partial charge in [0.1, 0.15) is 5.82 Å². The highest BCUT2D eigenvalue weighted by Crippen LogP contribution is 2.24. The summed E-state index contributed by atoms with van der Waals surface area (Å²) >= 11 is 3.30. The molecule has 0 radical (unpaired) electrons. The van der Waals surface area contributed by atoms with Gasteiger partial charge in [0, 0.05) is 16.7 Å². The summed E-state index contributed by atoms with van der Waals surface area (Å²) in [5.74, 6) is -0.223. The van der Waals surface area contributed by atoms with E-state index >= 15 is 0 Å². The molecule has 20 heavy (non-hydrogen) atoms. The summed E-state index contributed by atoms with van der Waals surface area (Å²) in [6.45, 7) is 7.18. The molecule has 0 fully saturated rings. The van der Waals surface area contributed by atoms with Crippen LogP contribution in [0.4, 0.5) is 10.1 Å². The number of halogens is 2. The normalized spacial score (nSPS) is 11.4. The van der Waals surface area contributed by atoms with Crippen LogP contribution < -0.4 is 5.32 Å². The van der Waals surface area contributed by atoms with E-state index < -0.39 is 0 Å². The molecule has 0 amide bonds. The van der Waals surface area contributed by atoms with E-state index in [2.05, 4.69) is 66.3 Å². The third kappa shape index (κ3) is 4.07. The second-order valence-corrected chi connectivity index (χ2v) is 6.87. The predicted octanol–water partition coefficient (Wildman–Crippen LogP) is 5.50. The van der Waals surface area contributed by atoms with Gasteiger partial charge in [0.2, 0.25) is 0 Å². The maximum Gasteiger partial charge on any atom is 0.124 e. The van der Waals surface area contributed by atoms with E-state index in [1.165, 1.54) is 11.6 Å². The zero-order valence-corrected chi connectivity index (χ0v) is 13.6. The zero-order chi connectivity index (χ0) is 14.8. The van der Waals surface area contributed by atoms with Crippen LogP contribution in [-0.4, -0.2) is 0 Å². The Bertz CT molecular complexity index is 565. The summed E-state index contributed by atoms with van der Waals surface area (Å²) in [6, 6.07) is 13.3. The Morgan fingerprint density at radius 3 is 2.25 bits per heavy atom. The summed E-state index contributed by atoms with van der Waals surface area (Å²) in [4.78, 5) is 0. The Hall–Kier alpha value is -1.35. The van der Waals surface area contributed by atoms with Gasteiger partial charge in [-0.3, -0.25) is 0 Å². The number of hydrogen-bond acceptors (Lipinski definition) is 1. The van der Waals surface area contributed by atoms with Gasteiger partial charge >= 0.3 is 0 Å². The molecule has 0 unspecified atom stereocenters. The minimum atomic E-state index is -0.223. The zero-order valence-electron chi connectivity index (χ0n) is 12.0. The molecule has 0 aliphatic carbocycles. The molecule has 0 heterocycles. The van der Waals surface area contributed by atoms with Crippen LogP contribution in [0, 0.1) is 5.82 Å². The lowest BCUT2D eigenvalue weighted by atomic mass is 9.87. The molecule has 0 saturated carbocycles. The summed E-state index contributed by atoms with van der Waals surface area (Å²) in [5.41, 5.74) is 3.41. The monoisotopic (exact) mass is 335 g/mol. The smallest absolute Gasteiger partial charge is 0.124 e. The Balaban J connectivity index is 2.04. The summed E-state index contributed by atoms with van der Waals surface area (Å²) in [6.07, 6.45) is 0. The second kappa shape index (κ2) is 5.96. The van der Waals surface area contributed by atoms with Crippen LogP contribution in [0.25, 0.3) is 0 Å². The fourth-order valence-electron chi connectivity index (χ4n) is 2.01. The molecule has 2 rings (SSSR count). The molecule has 0 spiro atoms. The van der Waals surface area contributed by atoms with E-state index in [1.54, 1.807) is 6.07 Å². The largest absolute Gasteiger partial charge is 0.381 e. The topological polar surface area (TPSA) is 12.0 Å². The summed E-state index contributed by atoms with van der Waals surface area (Å²) in [5, 5.41) is 3.31. The number of hydrogen-bond donors (Lipinski definition) is 1. The molecular formula is C17H19BrFN. The summed E-state index contributed by atoms with van der Waals surface area (Å²) < 4.78 is 14.0. The lowest BCUT2D eigenvalue weighted by Crippen LogP contribution is -2.10. The highest BCUT2D eigenvalue weighted by molar-refractivity contribution is 9.10. The van der Waals surface area contributed by atoms with Crippen molar-refractivity contribution in [1.82, 2.24) is 0 Å². The molecule has 2 aromatic carbocycles. The van der Waals surface area contributed by atoms with Crippen molar-refractivity contribution in [3.8, 4) is 0 Å². The van der Waals surface area contributed by atoms with Crippen LogP contribution in [0.15, 0.2) is 46.9 Å². The molecule has 3 heteroatoms. The molecule has 0 aliphatic rings. The average Bonchev–Trinajstić information content (AvgIpc) is 2.35. The molecule has 0 atom stereocenters. The molecule has 0 aliphatic heterocycles. The third-order valence-electron chi connectivity index (χ3n) is 3.17. The van der Waals surface area contributed by atoms with Crippen molar-refractivity contribution in [1.29, 1.82) is 0 Å². The first-order valence-electron chi connectivity index (χ1n) is 6.64. The molecular weight excluding hydrogens is 317 g/mol. The summed E-state index contributed by atoms with van der Waals surface area (Å²) in [7, 11) is 0. The van der Waals surface area contributed by atoms with E-state index in [4.69, 9.17) is 0 Å². The van der Waals surface area contributed by atoms with E-state index in [-0.39, 0.29) is 11.2 Å². The van der Waals surface area contributed by atoms with Gasteiger partial charge in [0.15, 0.2) is 0 Å². The van der Waals surface area contributed by atoms with Crippen LogP contribution >= 0.6 is 15.9 Å². The first kappa shape index (κ1) is 15.0. The van der Waals surface area contributed by atoms with Gasteiger partial charge in [-0.2, -0.15) is 0 Å². The molecule has 0 saturated heterocycles. The van der Waals surface area contributed by atoms with E-state index in [0.29, 0.717) is 6.54 Å². The standard InChI is InChI=1S/C17H19BrFN/c1-17(2,3)13-4-6-16(7-5-13)20-11-12-8-14(18)10-15(19)9-12/h4-10,20H,11H2,1-3H3. The third-order valence-corrected chi connectivity index (χ3v) is 3.63. The fourth-order valence-corrected chi connectivity index (χ4v) is 2.52. The van der Waals surface area contributed by atoms with Crippen LogP contribution in [0.1, 0.15) is 31.9 Å². The van der Waals surface area contributed by atoms with Gasteiger partial charge in [-0.25, -0.2) is 4.39 Å². The van der Waals surface area contributed by atoms with Crippen LogP contribution in [-0.2, 0) is 12.0 Å². The minimum absolute atomic E-state index is 0.159. The van der Waals surface area contributed by atoms with Gasteiger partial charge in [-0.1, -0.05) is 48.8 Å². The maximum absolute atomic E-state index is 13.3. The fraction of sp³-hybridized carbons (Fsp3) is 0.294. The van der Waals surface area contributed by atoms with Crippen molar-refractivity contribution < 1.29 is 4.39 Å². The van der Waals surface area contributed by atoms with Crippen molar-refractivity contribution >= 4 is 21.6 Å². The highest BCUT2D eigenvalue weighted by Gasteiger charge is 2.12. The van der Waals surface area contributed by atoms with Crippen LogP contribution in [0.2, 0.25) is 0 Å². The molecule has 0 bridgehead atoms. The van der Waals surface area contributed by atoms with Gasteiger partial charge in [-0.05, 0) is 46.9 Å². The Morgan fingerprint density at radius 1 is 1.05 bits per heavy atom. The van der Waals surface area contributed by atoms with E-state index in [0.717, 1.165) is 15.7 Å². The Kier molecular flexibility index (Phi) is 4.48. The van der Waals surface area contributed by atoms with Crippen molar-refractivity contribution in [2.45, 2.75) is 32.7 Å². The quantitative estimate of drug-likeness (QED) is 0.781. The lowest BCUT2D eigenvalue weighted by molar-refractivity contribution is 0.590. The van der Waals surface area contributed by atoms with Gasteiger partial charge in [-0.15, -0.1) is 0 Å². The number of benzene rings is 2. The second-order valence-electron chi connectivity index (χ2n) is 5.96. The van der Waals surface area contributed by atoms with E-state index in [9.17, 15) is 4.39 Å². The SMILES string of the molecule is CC(C)(C)c1ccc(NCc2cc(F)cc(Br)c2)cc1. The van der Waals surface area contributed by atoms with E-state index in [1.807, 2.05) is 6.07 Å². The minimum Gasteiger partial charge on any atom is -0.381 e. The van der Waals surface area contributed by atoms with Crippen molar-refractivity contribution in [3.05, 3.63) is 63.9 Å². The molecule has 106 valence electrons. The van der Waals surface area contributed by atoms with Crippen molar-refractivity contribution in [2.75, 3.05) is 5.32 Å². The van der Waals surface area contributed by atoms with Gasteiger partial charge in [0.25, 0.3) is 0 Å². The predicted molar refractivity (Wildman–Crippen MR) is 86.6 cm³/mol. The van der Waals surface area contributed by atoms with Crippen LogP contribution in [0.3, 0.4) is 0 Å². The highest BCUT2D eigenvalue weighted by atomic mass is 79.9. The molecule has 1 N–H and O–H groups in total. The number of nitrogens with one attached hydrogen (secondary N) is 1. The molecule has 0 aromatic heterocycles. The van der Waals surface area contributed by atoms with Gasteiger partial charge in [0.05, 0.1) is 0 Å². The van der Waals surface area contributed by atoms with Crippen molar-refractivity contribution in [2.24, 2.45) is 0 Å². The number of rotatable bonds is 3. The molecule has 2 aromatic rings. The van der Waals surface area contributed by atoms with Crippen molar-refractivity contribution in [3.63, 3.8) is 0 Å². The first-order valence-corrected chi connectivity index (χ1v) is 7.43.